The fourth-order valence-corrected chi connectivity index (χ4v) is 5.40. The number of hydrogen-bond acceptors (Lipinski definition) is 8. The maximum Gasteiger partial charge on any atom is 0.327 e. The van der Waals surface area contributed by atoms with E-state index in [-0.39, 0.29) is 18.2 Å². The molecule has 0 radical (unpaired) electrons. The number of rotatable bonds is 16. The van der Waals surface area contributed by atoms with Crippen LogP contribution in [0.4, 0.5) is 14.9 Å². The van der Waals surface area contributed by atoms with Crippen LogP contribution < -0.4 is 21.9 Å². The molecule has 3 rings (SSSR count). The van der Waals surface area contributed by atoms with Crippen LogP contribution in [0, 0.1) is 5.92 Å². The number of aryl methyl sites for hydroxylation is 1. The Labute approximate surface area is 249 Å². The number of carbonyl (C=O) groups is 5. The smallest absolute Gasteiger partial charge is 0.327 e. The van der Waals surface area contributed by atoms with Crippen molar-refractivity contribution in [2.75, 3.05) is 24.8 Å². The minimum atomic E-state index is -1.54. The number of halogens is 1. The lowest BCUT2D eigenvalue weighted by Crippen LogP contribution is -2.46. The summed E-state index contributed by atoms with van der Waals surface area (Å²) in [6.45, 7) is 0.623. The van der Waals surface area contributed by atoms with Gasteiger partial charge in [0.1, 0.15) is 12.1 Å². The molecule has 1 aromatic carbocycles. The zero-order valence-corrected chi connectivity index (χ0v) is 24.1. The fourth-order valence-electron chi connectivity index (χ4n) is 5.40. The first-order valence-corrected chi connectivity index (χ1v) is 14.5. The van der Waals surface area contributed by atoms with Gasteiger partial charge in [0.15, 0.2) is 0 Å². The van der Waals surface area contributed by atoms with E-state index >= 15 is 0 Å². The topological polar surface area (TPSA) is 200 Å². The number of hydrazine groups is 1. The van der Waals surface area contributed by atoms with Gasteiger partial charge in [-0.05, 0) is 75.0 Å². The van der Waals surface area contributed by atoms with E-state index in [1.807, 2.05) is 24.3 Å². The van der Waals surface area contributed by atoms with Gasteiger partial charge in [-0.3, -0.25) is 23.8 Å². The second-order valence-corrected chi connectivity index (χ2v) is 11.0. The van der Waals surface area contributed by atoms with E-state index in [1.165, 1.54) is 5.01 Å². The molecule has 0 aromatic heterocycles. The van der Waals surface area contributed by atoms with Crippen LogP contribution >= 0.6 is 0 Å². The van der Waals surface area contributed by atoms with Crippen LogP contribution in [-0.2, 0) is 25.6 Å². The number of urea groups is 1. The summed E-state index contributed by atoms with van der Waals surface area (Å²) in [6.07, 6.45) is 4.90. The van der Waals surface area contributed by atoms with Crippen LogP contribution in [0.15, 0.2) is 36.2 Å². The summed E-state index contributed by atoms with van der Waals surface area (Å²) in [5.41, 5.74) is 8.14. The molecule has 13 nitrogen and oxygen atoms in total. The fraction of sp³-hybridized carbons (Fsp3) is 0.552. The molecule has 2 atom stereocenters. The molecule has 1 unspecified atom stereocenters. The molecule has 2 aliphatic heterocycles. The molecule has 0 spiro atoms. The number of likely N-dealkylation sites (tertiary alicyclic amines) is 1. The van der Waals surface area contributed by atoms with Crippen molar-refractivity contribution in [1.29, 1.82) is 0 Å². The molecule has 2 heterocycles. The first-order chi connectivity index (χ1) is 20.5. The van der Waals surface area contributed by atoms with Crippen LogP contribution in [-0.4, -0.2) is 81.6 Å². The Balaban J connectivity index is 1.40. The highest BCUT2D eigenvalue weighted by Crippen LogP contribution is 2.26. The van der Waals surface area contributed by atoms with Crippen LogP contribution in [0.3, 0.4) is 0 Å². The van der Waals surface area contributed by atoms with Gasteiger partial charge in [0.25, 0.3) is 5.91 Å². The summed E-state index contributed by atoms with van der Waals surface area (Å²) in [7, 11) is 0. The largest absolute Gasteiger partial charge is 0.481 e. The maximum absolute atomic E-state index is 12.9. The summed E-state index contributed by atoms with van der Waals surface area (Å²) in [4.78, 5) is 63.0. The standard InChI is InChI=1S/C29H41FN6O7/c30-14-2-4-21(31)18-35(32)22-8-6-19(7-9-22)3-1-5-25(37)34-15-12-20(13-16-34)17-23-27(40)36(29(43)33-23)24(28(41)42)10-11-26(38)39/h6-9,18,20,23-24H,1-5,10-17,31-32H2,(H,33,43)(H,38,39)(H,41,42)/b21-18-/t23-,24?/m0/s1. The number of nitrogens with two attached hydrogens (primary N) is 2. The van der Waals surface area contributed by atoms with E-state index in [9.17, 15) is 33.5 Å². The number of alkyl halides is 1. The van der Waals surface area contributed by atoms with Gasteiger partial charge in [-0.1, -0.05) is 12.1 Å². The molecular weight excluding hydrogens is 563 g/mol. The van der Waals surface area contributed by atoms with Crippen molar-refractivity contribution in [2.24, 2.45) is 17.5 Å². The van der Waals surface area contributed by atoms with Gasteiger partial charge in [0, 0.05) is 37.8 Å². The number of piperidine rings is 1. The van der Waals surface area contributed by atoms with Crippen LogP contribution in [0.2, 0.25) is 0 Å². The van der Waals surface area contributed by atoms with Gasteiger partial charge in [0.05, 0.1) is 12.4 Å². The SMILES string of the molecule is N/C(=C\N(N)c1ccc(CCCC(=O)N2CCC(C[C@@H]3NC(=O)N(C(CCC(=O)O)C(=O)O)C3=O)CC2)cc1)CCCF. The van der Waals surface area contributed by atoms with Gasteiger partial charge in [-0.2, -0.15) is 0 Å². The number of nitrogens with zero attached hydrogens (tertiary/aromatic N) is 3. The lowest BCUT2D eigenvalue weighted by molar-refractivity contribution is -0.148. The van der Waals surface area contributed by atoms with E-state index in [0.29, 0.717) is 75.1 Å². The Hall–Kier alpha value is -4.20. The van der Waals surface area contributed by atoms with Crippen molar-refractivity contribution in [3.63, 3.8) is 0 Å². The number of carbonyl (C=O) groups excluding carboxylic acids is 3. The maximum atomic E-state index is 12.9. The number of amides is 4. The predicted molar refractivity (Wildman–Crippen MR) is 155 cm³/mol. The molecule has 0 bridgehead atoms. The molecule has 0 aliphatic carbocycles. The second kappa shape index (κ2) is 15.9. The number of carboxylic acid groups (broad SMARTS) is 2. The number of aliphatic carboxylic acids is 2. The van der Waals surface area contributed by atoms with Crippen LogP contribution in [0.5, 0.6) is 0 Å². The molecule has 2 saturated heterocycles. The highest BCUT2D eigenvalue weighted by Gasteiger charge is 2.45. The number of imide groups is 1. The average molecular weight is 605 g/mol. The molecular formula is C29H41FN6O7. The number of carboxylic acids is 2. The molecule has 1 aromatic rings. The molecule has 0 saturated carbocycles. The lowest BCUT2D eigenvalue weighted by Gasteiger charge is -2.33. The summed E-state index contributed by atoms with van der Waals surface area (Å²) >= 11 is 0. The van der Waals surface area contributed by atoms with Crippen molar-refractivity contribution in [2.45, 2.75) is 76.3 Å². The molecule has 7 N–H and O–H groups in total. The minimum absolute atomic E-state index is 0.0521. The summed E-state index contributed by atoms with van der Waals surface area (Å²) in [5, 5.41) is 22.3. The molecule has 2 aliphatic rings. The van der Waals surface area contributed by atoms with E-state index in [2.05, 4.69) is 5.32 Å². The van der Waals surface area contributed by atoms with E-state index in [1.54, 1.807) is 11.1 Å². The molecule has 236 valence electrons. The third-order valence-corrected chi connectivity index (χ3v) is 7.81. The average Bonchev–Trinajstić information content (AvgIpc) is 3.24. The Morgan fingerprint density at radius 3 is 2.35 bits per heavy atom. The van der Waals surface area contributed by atoms with Crippen molar-refractivity contribution in [3.8, 4) is 0 Å². The van der Waals surface area contributed by atoms with Gasteiger partial charge >= 0.3 is 18.0 Å². The third kappa shape index (κ3) is 9.66. The van der Waals surface area contributed by atoms with Gasteiger partial charge in [0.2, 0.25) is 5.91 Å². The van der Waals surface area contributed by atoms with Crippen molar-refractivity contribution < 1.29 is 38.6 Å². The second-order valence-electron chi connectivity index (χ2n) is 11.0. The zero-order chi connectivity index (χ0) is 31.5. The molecule has 4 amide bonds. The molecule has 43 heavy (non-hydrogen) atoms. The molecule has 2 fully saturated rings. The van der Waals surface area contributed by atoms with Crippen LogP contribution in [0.25, 0.3) is 0 Å². The normalized spacial score (nSPS) is 18.5. The van der Waals surface area contributed by atoms with E-state index in [0.717, 1.165) is 11.3 Å². The number of anilines is 1. The van der Waals surface area contributed by atoms with Crippen molar-refractivity contribution in [1.82, 2.24) is 15.1 Å². The Bertz CT molecular complexity index is 1190. The van der Waals surface area contributed by atoms with E-state index < -0.39 is 49.1 Å². The highest BCUT2D eigenvalue weighted by molar-refractivity contribution is 6.06. The monoisotopic (exact) mass is 604 g/mol. The Kier molecular flexibility index (Phi) is 12.3. The molecule has 14 heteroatoms. The number of hydrogen-bond donors (Lipinski definition) is 5. The van der Waals surface area contributed by atoms with Crippen molar-refractivity contribution in [3.05, 3.63) is 41.7 Å². The number of allylic oxidation sites excluding steroid dienone is 1. The van der Waals surface area contributed by atoms with E-state index in [4.69, 9.17) is 16.7 Å². The quantitative estimate of drug-likeness (QED) is 0.106. The van der Waals surface area contributed by atoms with Gasteiger partial charge in [-0.15, -0.1) is 0 Å². The summed E-state index contributed by atoms with van der Waals surface area (Å²) in [5.74, 6) is 2.82. The first-order valence-electron chi connectivity index (χ1n) is 14.5. The minimum Gasteiger partial charge on any atom is -0.481 e. The van der Waals surface area contributed by atoms with Crippen LogP contribution in [0.1, 0.15) is 63.4 Å². The summed E-state index contributed by atoms with van der Waals surface area (Å²) < 4.78 is 12.3. The Morgan fingerprint density at radius 1 is 1.07 bits per heavy atom. The zero-order valence-electron chi connectivity index (χ0n) is 24.1. The third-order valence-electron chi connectivity index (χ3n) is 7.81. The summed E-state index contributed by atoms with van der Waals surface area (Å²) in [6, 6.07) is 4.34. The number of nitrogens with one attached hydrogen (secondary N) is 1. The van der Waals surface area contributed by atoms with Gasteiger partial charge in [-0.25, -0.2) is 20.3 Å². The first kappa shape index (κ1) is 33.3. The van der Waals surface area contributed by atoms with Crippen molar-refractivity contribution >= 4 is 35.5 Å². The Morgan fingerprint density at radius 2 is 1.74 bits per heavy atom. The number of benzene rings is 1. The lowest BCUT2D eigenvalue weighted by atomic mass is 9.90. The van der Waals surface area contributed by atoms with Gasteiger partial charge < -0.3 is 26.2 Å². The predicted octanol–water partition coefficient (Wildman–Crippen LogP) is 2.11. The highest BCUT2D eigenvalue weighted by atomic mass is 19.1.